The third-order valence-corrected chi connectivity index (χ3v) is 17.1. The van der Waals surface area contributed by atoms with Crippen molar-refractivity contribution < 1.29 is 53.1 Å². The number of aliphatic hydroxyl groups is 1. The number of likely N-dealkylation sites (N-methyl/N-ethyl adjacent to an activating group) is 6. The van der Waals surface area contributed by atoms with Crippen molar-refractivity contribution in [3.05, 3.63) is 108 Å². The SMILES string of the molecule is CC(C)C[C@@H]1NC(=O)[C@H](CC(C)C)N(C)C(=O)[C@H](C)N(C)C(=O)C[C@@H](C(=O)N2CCCCC2)NC(=O)[C@H](CC(C)C)N(C)C(=O)[C@H](Cc2ccccc2)N(C)C(=O)[C@H](Cc2ccccc2)N(C)C(=O)[C@H]([C@@H](C)O)NC(=O)[C@H](Cc2ccccc2)N(C)C1=O. The number of carbonyl (C=O) groups excluding carboxylic acids is 10. The molecule has 10 amide bonds. The van der Waals surface area contributed by atoms with Crippen LogP contribution in [0.25, 0.3) is 0 Å². The normalized spacial score (nSPS) is 25.0. The lowest BCUT2D eigenvalue weighted by molar-refractivity contribution is -0.153. The maximum atomic E-state index is 15.6. The van der Waals surface area contributed by atoms with Crippen LogP contribution in [0.3, 0.4) is 0 Å². The van der Waals surface area contributed by atoms with Crippen molar-refractivity contribution in [3.63, 3.8) is 0 Å². The maximum Gasteiger partial charge on any atom is 0.248 e. The topological polar surface area (TPSA) is 250 Å². The molecular weight excluding hydrogens is 1120 g/mol. The summed E-state index contributed by atoms with van der Waals surface area (Å²) in [6.07, 6.45) is 0.346. The molecule has 0 aliphatic carbocycles. The Kier molecular flexibility index (Phi) is 26.7. The fourth-order valence-electron chi connectivity index (χ4n) is 11.6. The van der Waals surface area contributed by atoms with Crippen LogP contribution in [0.5, 0.6) is 0 Å². The average molecular weight is 1220 g/mol. The van der Waals surface area contributed by atoms with Crippen molar-refractivity contribution in [1.82, 2.24) is 50.2 Å². The molecule has 3 aromatic carbocycles. The summed E-state index contributed by atoms with van der Waals surface area (Å²) in [6, 6.07) is 14.8. The molecule has 2 saturated heterocycles. The summed E-state index contributed by atoms with van der Waals surface area (Å²) in [7, 11) is 8.56. The number of rotatable bonds is 14. The minimum absolute atomic E-state index is 0.0394. The summed E-state index contributed by atoms with van der Waals surface area (Å²) >= 11 is 0. The Morgan fingerprint density at radius 2 is 0.830 bits per heavy atom. The highest BCUT2D eigenvalue weighted by molar-refractivity contribution is 6.00. The molecule has 0 unspecified atom stereocenters. The van der Waals surface area contributed by atoms with Crippen LogP contribution in [0.2, 0.25) is 0 Å². The second kappa shape index (κ2) is 33.1. The molecule has 0 aromatic heterocycles. The molecule has 88 heavy (non-hydrogen) atoms. The Labute approximate surface area is 521 Å². The highest BCUT2D eigenvalue weighted by atomic mass is 16.3. The van der Waals surface area contributed by atoms with Crippen LogP contribution >= 0.6 is 0 Å². The Balaban J connectivity index is 1.72. The number of hydrogen-bond donors (Lipinski definition) is 4. The van der Waals surface area contributed by atoms with Crippen LogP contribution in [0.4, 0.5) is 0 Å². The smallest absolute Gasteiger partial charge is 0.248 e. The van der Waals surface area contributed by atoms with Gasteiger partial charge < -0.3 is 55.4 Å². The van der Waals surface area contributed by atoms with Gasteiger partial charge in [-0.05, 0) is 86.8 Å². The molecule has 0 saturated carbocycles. The number of hydrogen-bond acceptors (Lipinski definition) is 11. The molecule has 0 radical (unpaired) electrons. The van der Waals surface area contributed by atoms with Gasteiger partial charge in [-0.3, -0.25) is 47.9 Å². The molecule has 10 atom stereocenters. The number of likely N-dealkylation sites (tertiary alicyclic amines) is 1. The lowest BCUT2D eigenvalue weighted by atomic mass is 9.97. The Bertz CT molecular complexity index is 2850. The first-order valence-corrected chi connectivity index (χ1v) is 31.1. The molecule has 4 N–H and O–H groups in total. The van der Waals surface area contributed by atoms with Crippen molar-refractivity contribution in [2.45, 2.75) is 180 Å². The van der Waals surface area contributed by atoms with E-state index in [1.807, 2.05) is 47.6 Å². The Hall–Kier alpha value is -7.68. The summed E-state index contributed by atoms with van der Waals surface area (Å²) in [6.45, 7) is 14.8. The number of carbonyl (C=O) groups is 10. The number of aliphatic hydroxyl groups excluding tert-OH is 1. The number of piperidine rings is 1. The lowest BCUT2D eigenvalue weighted by Crippen LogP contribution is -2.63. The van der Waals surface area contributed by atoms with Crippen molar-refractivity contribution in [1.29, 1.82) is 0 Å². The predicted octanol–water partition coefficient (Wildman–Crippen LogP) is 4.09. The van der Waals surface area contributed by atoms with E-state index in [2.05, 4.69) is 16.0 Å². The molecule has 3 aromatic rings. The third kappa shape index (κ3) is 19.2. The first-order valence-electron chi connectivity index (χ1n) is 31.1. The predicted molar refractivity (Wildman–Crippen MR) is 336 cm³/mol. The van der Waals surface area contributed by atoms with Gasteiger partial charge in [-0.1, -0.05) is 133 Å². The van der Waals surface area contributed by atoms with Crippen molar-refractivity contribution in [2.24, 2.45) is 17.8 Å². The van der Waals surface area contributed by atoms with Gasteiger partial charge in [0.2, 0.25) is 59.1 Å². The van der Waals surface area contributed by atoms with Gasteiger partial charge >= 0.3 is 0 Å². The highest BCUT2D eigenvalue weighted by Gasteiger charge is 2.44. The van der Waals surface area contributed by atoms with Crippen molar-refractivity contribution in [2.75, 3.05) is 55.4 Å². The van der Waals surface area contributed by atoms with Gasteiger partial charge in [0.25, 0.3) is 0 Å². The van der Waals surface area contributed by atoms with Crippen LogP contribution in [0.15, 0.2) is 91.0 Å². The molecule has 2 aliphatic rings. The van der Waals surface area contributed by atoms with E-state index < -0.39 is 126 Å². The van der Waals surface area contributed by atoms with Crippen molar-refractivity contribution >= 4 is 59.1 Å². The molecule has 2 aliphatic heterocycles. The molecular formula is C67H98N10O11. The first-order chi connectivity index (χ1) is 41.5. The molecule has 2 fully saturated rings. The van der Waals surface area contributed by atoms with E-state index in [-0.39, 0.29) is 56.3 Å². The number of nitrogens with one attached hydrogen (secondary N) is 3. The van der Waals surface area contributed by atoms with Gasteiger partial charge in [0.15, 0.2) is 0 Å². The van der Waals surface area contributed by atoms with Gasteiger partial charge in [0.1, 0.15) is 54.4 Å². The van der Waals surface area contributed by atoms with Crippen LogP contribution in [0.1, 0.15) is 117 Å². The fourth-order valence-corrected chi connectivity index (χ4v) is 11.6. The second-order valence-electron chi connectivity index (χ2n) is 25.4. The minimum Gasteiger partial charge on any atom is -0.391 e. The Morgan fingerprint density at radius 1 is 0.455 bits per heavy atom. The van der Waals surface area contributed by atoms with Gasteiger partial charge in [-0.2, -0.15) is 0 Å². The van der Waals surface area contributed by atoms with E-state index in [0.717, 1.165) is 11.3 Å². The van der Waals surface area contributed by atoms with E-state index in [0.29, 0.717) is 42.6 Å². The average Bonchev–Trinajstić information content (AvgIpc) is 2.18. The molecule has 0 spiro atoms. The van der Waals surface area contributed by atoms with E-state index in [4.69, 9.17) is 0 Å². The van der Waals surface area contributed by atoms with Crippen LogP contribution in [0, 0.1) is 17.8 Å². The van der Waals surface area contributed by atoms with Crippen molar-refractivity contribution in [3.8, 4) is 0 Å². The van der Waals surface area contributed by atoms with E-state index in [9.17, 15) is 24.3 Å². The zero-order chi connectivity index (χ0) is 65.3. The van der Waals surface area contributed by atoms with Crippen LogP contribution in [-0.2, 0) is 67.2 Å². The van der Waals surface area contributed by atoms with Gasteiger partial charge in [0, 0.05) is 74.6 Å². The summed E-state index contributed by atoms with van der Waals surface area (Å²) in [5.41, 5.74) is 1.95. The Morgan fingerprint density at radius 3 is 1.26 bits per heavy atom. The quantitative estimate of drug-likeness (QED) is 0.179. The van der Waals surface area contributed by atoms with Crippen LogP contribution < -0.4 is 16.0 Å². The monoisotopic (exact) mass is 1220 g/mol. The van der Waals surface area contributed by atoms with E-state index >= 15 is 28.8 Å². The molecule has 5 rings (SSSR count). The van der Waals surface area contributed by atoms with Crippen LogP contribution in [-0.4, -0.2) is 214 Å². The zero-order valence-electron chi connectivity index (χ0n) is 54.3. The van der Waals surface area contributed by atoms with E-state index in [1.165, 1.54) is 80.6 Å². The minimum atomic E-state index is -1.69. The zero-order valence-corrected chi connectivity index (χ0v) is 54.3. The largest absolute Gasteiger partial charge is 0.391 e. The fraction of sp³-hybridized carbons (Fsp3) is 0.582. The molecule has 21 nitrogen and oxygen atoms in total. The highest BCUT2D eigenvalue weighted by Crippen LogP contribution is 2.24. The van der Waals surface area contributed by atoms with Gasteiger partial charge in [-0.15, -0.1) is 0 Å². The number of benzene rings is 3. The van der Waals surface area contributed by atoms with Gasteiger partial charge in [-0.25, -0.2) is 0 Å². The van der Waals surface area contributed by atoms with Gasteiger partial charge in [0.05, 0.1) is 12.5 Å². The van der Waals surface area contributed by atoms with E-state index in [1.54, 1.807) is 89.8 Å². The molecule has 2 heterocycles. The molecule has 21 heteroatoms. The maximum absolute atomic E-state index is 15.6. The standard InChI is InChI=1S/C67H98N10O11/c1-42(2)35-50-63(84)73(11)54(38-47-27-19-15-20-28-47)61(82)70-58(46(8)78)67(88)76(14)56(40-49-31-23-17-24-32-49)66(87)75(13)55(39-48-29-21-16-22-30-48)65(86)74(12)53(37-44(5)6)60(81)69-51(64(85)77-33-25-18-26-34-77)41-57(79)71(9)45(7)62(83)72(10)52(36-43(3)4)59(80)68-50/h15-17,19-24,27-32,42-46,50-56,58,78H,18,25-26,33-41H2,1-14H3,(H,68,80)(H,69,81)(H,70,82)/t45-,46+,50-,51-,52-,53-,54-,55-,56-,58-/m0/s1. The summed E-state index contributed by atoms with van der Waals surface area (Å²) in [4.78, 5) is 159. The summed E-state index contributed by atoms with van der Waals surface area (Å²) in [5, 5.41) is 20.1. The first kappa shape index (κ1) is 71.1. The summed E-state index contributed by atoms with van der Waals surface area (Å²) < 4.78 is 0. The molecule has 482 valence electrons. The second-order valence-corrected chi connectivity index (χ2v) is 25.4. The lowest BCUT2D eigenvalue weighted by Gasteiger charge is -2.39. The molecule has 0 bridgehead atoms. The number of nitrogens with zero attached hydrogens (tertiary/aromatic N) is 7. The third-order valence-electron chi connectivity index (χ3n) is 17.1. The number of amides is 10. The summed E-state index contributed by atoms with van der Waals surface area (Å²) in [5.74, 6) is -7.40.